The van der Waals surface area contributed by atoms with E-state index < -0.39 is 49.5 Å². The standard InChI is InChI=1S/C50H97NO8/c1-3-5-7-9-11-13-15-17-18-19-20-21-22-23-24-25-26-27-28-30-32-34-36-38-40-46(54)51-43(42-58-50-49(57)48(56)47(55)45(41-52)59-50)44(53)39-37-35-33-31-29-16-14-12-10-8-6-4-2/h37,39,43-45,47-50,52-53,55-57H,3-36,38,40-42H2,1-2H3,(H,51,54)/b39-37+/t43-,44+,45+,47+,48?,49?,50+/m0/s1. The van der Waals surface area contributed by atoms with Gasteiger partial charge in [-0.05, 0) is 19.3 Å². The number of rotatable bonds is 43. The summed E-state index contributed by atoms with van der Waals surface area (Å²) in [7, 11) is 0. The number of unbranched alkanes of at least 4 members (excludes halogenated alkanes) is 33. The van der Waals surface area contributed by atoms with Gasteiger partial charge in [-0.1, -0.05) is 231 Å². The van der Waals surface area contributed by atoms with Crippen molar-refractivity contribution >= 4 is 5.91 Å². The fourth-order valence-electron chi connectivity index (χ4n) is 8.28. The number of allylic oxidation sites excluding steroid dienone is 1. The maximum Gasteiger partial charge on any atom is 0.220 e. The van der Waals surface area contributed by atoms with Gasteiger partial charge in [-0.15, -0.1) is 0 Å². The second kappa shape index (κ2) is 41.0. The fourth-order valence-corrected chi connectivity index (χ4v) is 8.28. The molecule has 1 amide bonds. The highest BCUT2D eigenvalue weighted by Crippen LogP contribution is 2.23. The first kappa shape index (κ1) is 55.9. The molecule has 1 saturated heterocycles. The van der Waals surface area contributed by atoms with E-state index in [1.165, 1.54) is 186 Å². The molecule has 0 radical (unpaired) electrons. The third kappa shape index (κ3) is 31.4. The van der Waals surface area contributed by atoms with Crippen LogP contribution >= 0.6 is 0 Å². The molecule has 1 fully saturated rings. The van der Waals surface area contributed by atoms with E-state index in [4.69, 9.17) is 9.47 Å². The smallest absolute Gasteiger partial charge is 0.220 e. The molecule has 0 saturated carbocycles. The van der Waals surface area contributed by atoms with Gasteiger partial charge < -0.3 is 40.3 Å². The Labute approximate surface area is 363 Å². The Kier molecular flexibility index (Phi) is 38.9. The summed E-state index contributed by atoms with van der Waals surface area (Å²) in [4.78, 5) is 13.0. The minimum Gasteiger partial charge on any atom is -0.394 e. The van der Waals surface area contributed by atoms with Crippen LogP contribution in [0.5, 0.6) is 0 Å². The Balaban J connectivity index is 2.21. The van der Waals surface area contributed by atoms with Crippen molar-refractivity contribution in [2.45, 2.75) is 288 Å². The van der Waals surface area contributed by atoms with Gasteiger partial charge in [0.15, 0.2) is 6.29 Å². The monoisotopic (exact) mass is 840 g/mol. The third-order valence-electron chi connectivity index (χ3n) is 12.4. The lowest BCUT2D eigenvalue weighted by Crippen LogP contribution is -2.60. The summed E-state index contributed by atoms with van der Waals surface area (Å²) in [5, 5.41) is 54.2. The van der Waals surface area contributed by atoms with Gasteiger partial charge >= 0.3 is 0 Å². The number of aliphatic hydroxyl groups excluding tert-OH is 5. The molecule has 1 rings (SSSR count). The van der Waals surface area contributed by atoms with Gasteiger partial charge in [-0.3, -0.25) is 4.79 Å². The third-order valence-corrected chi connectivity index (χ3v) is 12.4. The van der Waals surface area contributed by atoms with Crippen LogP contribution < -0.4 is 5.32 Å². The Morgan fingerprint density at radius 3 is 1.32 bits per heavy atom. The molecule has 7 atom stereocenters. The Morgan fingerprint density at radius 2 is 0.932 bits per heavy atom. The number of aliphatic hydroxyl groups is 5. The maximum atomic E-state index is 13.0. The van der Waals surface area contributed by atoms with E-state index in [9.17, 15) is 30.3 Å². The molecular formula is C50H97NO8. The van der Waals surface area contributed by atoms with Gasteiger partial charge in [0.2, 0.25) is 5.91 Å². The van der Waals surface area contributed by atoms with Gasteiger partial charge in [0.05, 0.1) is 25.4 Å². The lowest BCUT2D eigenvalue weighted by molar-refractivity contribution is -0.302. The minimum absolute atomic E-state index is 0.173. The molecule has 9 nitrogen and oxygen atoms in total. The van der Waals surface area contributed by atoms with Crippen molar-refractivity contribution in [1.29, 1.82) is 0 Å². The predicted molar refractivity (Wildman–Crippen MR) is 244 cm³/mol. The van der Waals surface area contributed by atoms with Crippen molar-refractivity contribution < 1.29 is 39.8 Å². The molecule has 1 aliphatic rings. The molecule has 0 aliphatic carbocycles. The summed E-state index contributed by atoms with van der Waals surface area (Å²) in [5.41, 5.74) is 0. The number of hydrogen-bond donors (Lipinski definition) is 6. The summed E-state index contributed by atoms with van der Waals surface area (Å²) >= 11 is 0. The molecule has 0 aromatic rings. The second-order valence-electron chi connectivity index (χ2n) is 18.0. The number of hydrogen-bond acceptors (Lipinski definition) is 8. The lowest BCUT2D eigenvalue weighted by atomic mass is 9.99. The summed E-state index contributed by atoms with van der Waals surface area (Å²) in [6.07, 6.45) is 41.3. The van der Waals surface area contributed by atoms with Crippen molar-refractivity contribution in [2.24, 2.45) is 0 Å². The first-order valence-electron chi connectivity index (χ1n) is 25.4. The number of ether oxygens (including phenoxy) is 2. The summed E-state index contributed by atoms with van der Waals surface area (Å²) in [5.74, 6) is -0.173. The van der Waals surface area contributed by atoms with Gasteiger partial charge in [0, 0.05) is 6.42 Å². The number of carbonyl (C=O) groups excluding carboxylic acids is 1. The zero-order valence-electron chi connectivity index (χ0n) is 38.5. The van der Waals surface area contributed by atoms with Crippen molar-refractivity contribution in [1.82, 2.24) is 5.32 Å². The zero-order valence-corrected chi connectivity index (χ0v) is 38.5. The summed E-state index contributed by atoms with van der Waals surface area (Å²) in [6.45, 7) is 3.79. The molecule has 0 bridgehead atoms. The first-order chi connectivity index (χ1) is 28.8. The number of amides is 1. The maximum absolute atomic E-state index is 13.0. The Hall–Kier alpha value is -1.07. The predicted octanol–water partition coefficient (Wildman–Crippen LogP) is 11.3. The largest absolute Gasteiger partial charge is 0.394 e. The molecule has 1 heterocycles. The highest BCUT2D eigenvalue weighted by Gasteiger charge is 2.44. The quantitative estimate of drug-likeness (QED) is 0.0263. The van der Waals surface area contributed by atoms with Crippen molar-refractivity contribution in [3.8, 4) is 0 Å². The topological polar surface area (TPSA) is 149 Å². The SMILES string of the molecule is CCCCCCCCCCCC/C=C/[C@@H](O)[C@H](CO[C@@H]1O[C@H](CO)[C@@H](O)C(O)C1O)NC(=O)CCCCCCCCCCCCCCCCCCCCCCCCCC. The van der Waals surface area contributed by atoms with Crippen LogP contribution in [0.1, 0.15) is 245 Å². The Morgan fingerprint density at radius 1 is 0.559 bits per heavy atom. The minimum atomic E-state index is -1.56. The molecule has 0 aromatic heterocycles. The summed E-state index contributed by atoms with van der Waals surface area (Å²) < 4.78 is 11.2. The van der Waals surface area contributed by atoms with Crippen LogP contribution in [0.3, 0.4) is 0 Å². The van der Waals surface area contributed by atoms with E-state index in [2.05, 4.69) is 19.2 Å². The molecule has 350 valence electrons. The first-order valence-corrected chi connectivity index (χ1v) is 25.4. The highest BCUT2D eigenvalue weighted by atomic mass is 16.7. The van der Waals surface area contributed by atoms with Gasteiger partial charge in [0.1, 0.15) is 24.4 Å². The van der Waals surface area contributed by atoms with E-state index in [0.717, 1.165) is 38.5 Å². The van der Waals surface area contributed by atoms with Crippen LogP contribution in [0.4, 0.5) is 0 Å². The van der Waals surface area contributed by atoms with Crippen LogP contribution in [-0.4, -0.2) is 87.5 Å². The molecule has 6 N–H and O–H groups in total. The van der Waals surface area contributed by atoms with Crippen LogP contribution in [0, 0.1) is 0 Å². The fraction of sp³-hybridized carbons (Fsp3) is 0.940. The van der Waals surface area contributed by atoms with Crippen LogP contribution in [-0.2, 0) is 14.3 Å². The average molecular weight is 840 g/mol. The zero-order chi connectivity index (χ0) is 43.0. The molecule has 1 aliphatic heterocycles. The second-order valence-corrected chi connectivity index (χ2v) is 18.0. The average Bonchev–Trinajstić information content (AvgIpc) is 3.23. The van der Waals surface area contributed by atoms with Crippen LogP contribution in [0.25, 0.3) is 0 Å². The lowest BCUT2D eigenvalue weighted by Gasteiger charge is -2.40. The van der Waals surface area contributed by atoms with E-state index in [1.54, 1.807) is 6.08 Å². The number of carbonyl (C=O) groups is 1. The van der Waals surface area contributed by atoms with E-state index >= 15 is 0 Å². The molecule has 0 spiro atoms. The molecular weight excluding hydrogens is 743 g/mol. The Bertz CT molecular complexity index is 935. The van der Waals surface area contributed by atoms with Gasteiger partial charge in [-0.2, -0.15) is 0 Å². The van der Waals surface area contributed by atoms with Crippen molar-refractivity contribution in [3.63, 3.8) is 0 Å². The van der Waals surface area contributed by atoms with E-state index in [1.807, 2.05) is 6.08 Å². The molecule has 0 aromatic carbocycles. The summed E-state index contributed by atoms with van der Waals surface area (Å²) in [6, 6.07) is -0.798. The van der Waals surface area contributed by atoms with Gasteiger partial charge in [0.25, 0.3) is 0 Å². The molecule has 2 unspecified atom stereocenters. The van der Waals surface area contributed by atoms with E-state index in [-0.39, 0.29) is 12.5 Å². The van der Waals surface area contributed by atoms with Crippen molar-refractivity contribution in [3.05, 3.63) is 12.2 Å². The normalized spacial score (nSPS) is 20.7. The van der Waals surface area contributed by atoms with Crippen LogP contribution in [0.15, 0.2) is 12.2 Å². The van der Waals surface area contributed by atoms with Gasteiger partial charge in [-0.25, -0.2) is 0 Å². The highest BCUT2D eigenvalue weighted by molar-refractivity contribution is 5.76. The number of nitrogens with one attached hydrogen (secondary N) is 1. The molecule has 9 heteroatoms. The van der Waals surface area contributed by atoms with E-state index in [0.29, 0.717) is 6.42 Å². The molecule has 59 heavy (non-hydrogen) atoms. The van der Waals surface area contributed by atoms with Crippen molar-refractivity contribution in [2.75, 3.05) is 13.2 Å². The van der Waals surface area contributed by atoms with Crippen LogP contribution in [0.2, 0.25) is 0 Å².